The van der Waals surface area contributed by atoms with Gasteiger partial charge in [0.25, 0.3) is 0 Å². The van der Waals surface area contributed by atoms with Crippen LogP contribution in [0.1, 0.15) is 53.4 Å². The minimum Gasteiger partial charge on any atom is -0.310 e. The average molecular weight is 221 g/mol. The first-order chi connectivity index (χ1) is 7.40. The molecule has 0 aromatic rings. The van der Waals surface area contributed by atoms with Gasteiger partial charge < -0.3 is 5.32 Å². The summed E-state index contributed by atoms with van der Waals surface area (Å²) in [5.41, 5.74) is 1.02. The van der Waals surface area contributed by atoms with Crippen molar-refractivity contribution in [1.29, 1.82) is 0 Å². The Morgan fingerprint density at radius 3 is 2.62 bits per heavy atom. The van der Waals surface area contributed by atoms with Crippen LogP contribution < -0.4 is 5.32 Å². The van der Waals surface area contributed by atoms with E-state index in [0.29, 0.717) is 22.9 Å². The molecule has 92 valence electrons. The largest absolute Gasteiger partial charge is 0.310 e. The lowest BCUT2D eigenvalue weighted by atomic mass is 9.68. The third-order valence-corrected chi connectivity index (χ3v) is 5.24. The summed E-state index contributed by atoms with van der Waals surface area (Å²) in [5, 5.41) is 3.87. The molecule has 0 saturated heterocycles. The van der Waals surface area contributed by atoms with Gasteiger partial charge in [0.05, 0.1) is 0 Å². The predicted octanol–water partition coefficient (Wildman–Crippen LogP) is 3.76. The fourth-order valence-corrected chi connectivity index (χ4v) is 4.32. The van der Waals surface area contributed by atoms with Crippen LogP contribution in [0.25, 0.3) is 0 Å². The Labute approximate surface area is 101 Å². The zero-order valence-corrected chi connectivity index (χ0v) is 11.3. The van der Waals surface area contributed by atoms with Crippen LogP contribution in [0.4, 0.5) is 0 Å². The topological polar surface area (TPSA) is 12.0 Å². The molecule has 1 N–H and O–H groups in total. The molecular weight excluding hydrogens is 194 g/mol. The lowest BCUT2D eigenvalue weighted by Crippen LogP contribution is -2.53. The second-order valence-electron chi connectivity index (χ2n) is 6.94. The van der Waals surface area contributed by atoms with Gasteiger partial charge in [0.2, 0.25) is 0 Å². The number of nitrogens with one attached hydrogen (secondary N) is 1. The van der Waals surface area contributed by atoms with Crippen LogP contribution in [-0.2, 0) is 0 Å². The smallest absolute Gasteiger partial charge is 0.0177 e. The second kappa shape index (κ2) is 3.87. The Morgan fingerprint density at radius 2 is 2.12 bits per heavy atom. The molecule has 0 heterocycles. The Balaban J connectivity index is 2.10. The number of hydrogen-bond donors (Lipinski definition) is 1. The van der Waals surface area contributed by atoms with E-state index in [-0.39, 0.29) is 0 Å². The van der Waals surface area contributed by atoms with E-state index < -0.39 is 0 Å². The van der Waals surface area contributed by atoms with Gasteiger partial charge in [-0.05, 0) is 49.4 Å². The van der Waals surface area contributed by atoms with Crippen LogP contribution in [0.3, 0.4) is 0 Å². The minimum absolute atomic E-state index is 0.475. The lowest BCUT2D eigenvalue weighted by Gasteiger charge is -2.44. The van der Waals surface area contributed by atoms with Gasteiger partial charge in [-0.2, -0.15) is 0 Å². The molecule has 4 unspecified atom stereocenters. The molecule has 0 aromatic carbocycles. The summed E-state index contributed by atoms with van der Waals surface area (Å²) in [6.07, 6.45) is 7.39. The van der Waals surface area contributed by atoms with Gasteiger partial charge in [-0.3, -0.25) is 0 Å². The van der Waals surface area contributed by atoms with Gasteiger partial charge in [-0.15, -0.1) is 6.58 Å². The highest BCUT2D eigenvalue weighted by molar-refractivity contribution is 5.12. The molecule has 2 bridgehead atoms. The first-order valence-corrected chi connectivity index (χ1v) is 6.77. The van der Waals surface area contributed by atoms with E-state index in [0.717, 1.165) is 12.3 Å². The summed E-state index contributed by atoms with van der Waals surface area (Å²) in [6, 6.07) is 1.26. The van der Waals surface area contributed by atoms with Crippen molar-refractivity contribution in [1.82, 2.24) is 5.32 Å². The Bertz CT molecular complexity index is 276. The molecule has 0 radical (unpaired) electrons. The lowest BCUT2D eigenvalue weighted by molar-refractivity contribution is 0.100. The number of hydrogen-bond acceptors (Lipinski definition) is 1. The molecule has 0 spiro atoms. The van der Waals surface area contributed by atoms with Gasteiger partial charge in [0.1, 0.15) is 0 Å². The molecule has 2 aliphatic carbocycles. The Hall–Kier alpha value is -0.300. The van der Waals surface area contributed by atoms with Crippen LogP contribution in [-0.4, -0.2) is 12.1 Å². The van der Waals surface area contributed by atoms with E-state index in [1.165, 1.54) is 19.3 Å². The molecule has 4 atom stereocenters. The van der Waals surface area contributed by atoms with Crippen molar-refractivity contribution < 1.29 is 0 Å². The molecule has 1 nitrogen and oxygen atoms in total. The standard InChI is InChI=1S/C15H27N/c1-6-7-11(2)16-13-14(3,4)12-8-9-15(13,5)10-12/h6,11-13,16H,1,7-10H2,2-5H3. The maximum absolute atomic E-state index is 3.87. The molecule has 2 fully saturated rings. The molecule has 2 rings (SSSR count). The molecule has 16 heavy (non-hydrogen) atoms. The van der Waals surface area contributed by atoms with Crippen molar-refractivity contribution in [2.45, 2.75) is 65.5 Å². The number of fused-ring (bicyclic) bond motifs is 2. The SMILES string of the molecule is C=CCC(C)NC1C2(C)CCC(C2)C1(C)C. The highest BCUT2D eigenvalue weighted by atomic mass is 15.0. The van der Waals surface area contributed by atoms with Crippen molar-refractivity contribution in [3.05, 3.63) is 12.7 Å². The molecule has 2 saturated carbocycles. The zero-order chi connectivity index (χ0) is 12.0. The van der Waals surface area contributed by atoms with Gasteiger partial charge in [0, 0.05) is 12.1 Å². The maximum atomic E-state index is 3.87. The van der Waals surface area contributed by atoms with Crippen molar-refractivity contribution in [2.75, 3.05) is 0 Å². The maximum Gasteiger partial charge on any atom is 0.0177 e. The molecular formula is C15H27N. The van der Waals surface area contributed by atoms with Crippen LogP contribution in [0.15, 0.2) is 12.7 Å². The molecule has 0 amide bonds. The molecule has 0 aliphatic heterocycles. The van der Waals surface area contributed by atoms with Crippen molar-refractivity contribution >= 4 is 0 Å². The van der Waals surface area contributed by atoms with Gasteiger partial charge in [-0.1, -0.05) is 26.8 Å². The highest BCUT2D eigenvalue weighted by Crippen LogP contribution is 2.62. The van der Waals surface area contributed by atoms with Crippen LogP contribution in [0.2, 0.25) is 0 Å². The van der Waals surface area contributed by atoms with Crippen molar-refractivity contribution in [3.8, 4) is 0 Å². The summed E-state index contributed by atoms with van der Waals surface area (Å²) in [5.74, 6) is 0.936. The van der Waals surface area contributed by atoms with E-state index >= 15 is 0 Å². The van der Waals surface area contributed by atoms with Crippen molar-refractivity contribution in [2.24, 2.45) is 16.7 Å². The van der Waals surface area contributed by atoms with Crippen LogP contribution in [0.5, 0.6) is 0 Å². The first kappa shape index (κ1) is 12.2. The molecule has 0 aromatic heterocycles. The second-order valence-corrected chi connectivity index (χ2v) is 6.94. The van der Waals surface area contributed by atoms with Crippen molar-refractivity contribution in [3.63, 3.8) is 0 Å². The predicted molar refractivity (Wildman–Crippen MR) is 70.4 cm³/mol. The third kappa shape index (κ3) is 1.73. The quantitative estimate of drug-likeness (QED) is 0.713. The Morgan fingerprint density at radius 1 is 1.44 bits per heavy atom. The first-order valence-electron chi connectivity index (χ1n) is 6.77. The third-order valence-electron chi connectivity index (χ3n) is 5.24. The normalized spacial score (nSPS) is 42.2. The van der Waals surface area contributed by atoms with Crippen LogP contribution in [0, 0.1) is 16.7 Å². The summed E-state index contributed by atoms with van der Waals surface area (Å²) in [7, 11) is 0. The highest BCUT2D eigenvalue weighted by Gasteiger charge is 2.59. The summed E-state index contributed by atoms with van der Waals surface area (Å²) >= 11 is 0. The van der Waals surface area contributed by atoms with E-state index in [4.69, 9.17) is 0 Å². The molecule has 2 aliphatic rings. The monoisotopic (exact) mass is 221 g/mol. The van der Waals surface area contributed by atoms with E-state index in [9.17, 15) is 0 Å². The Kier molecular flexibility index (Phi) is 2.94. The fourth-order valence-electron chi connectivity index (χ4n) is 4.32. The summed E-state index contributed by atoms with van der Waals surface area (Å²) < 4.78 is 0. The number of rotatable bonds is 4. The van der Waals surface area contributed by atoms with E-state index in [1.54, 1.807) is 0 Å². The average Bonchev–Trinajstić information content (AvgIpc) is 2.64. The zero-order valence-electron chi connectivity index (χ0n) is 11.3. The fraction of sp³-hybridized carbons (Fsp3) is 0.867. The summed E-state index contributed by atoms with van der Waals surface area (Å²) in [4.78, 5) is 0. The minimum atomic E-state index is 0.475. The van der Waals surface area contributed by atoms with Gasteiger partial charge >= 0.3 is 0 Å². The summed E-state index contributed by atoms with van der Waals surface area (Å²) in [6.45, 7) is 13.5. The van der Waals surface area contributed by atoms with Gasteiger partial charge in [-0.25, -0.2) is 0 Å². The molecule has 1 heteroatoms. The van der Waals surface area contributed by atoms with Crippen LogP contribution >= 0.6 is 0 Å². The van der Waals surface area contributed by atoms with Gasteiger partial charge in [0.15, 0.2) is 0 Å². The van der Waals surface area contributed by atoms with E-state index in [2.05, 4.69) is 39.6 Å². The van der Waals surface area contributed by atoms with E-state index in [1.807, 2.05) is 6.08 Å².